The van der Waals surface area contributed by atoms with Crippen molar-refractivity contribution in [2.45, 2.75) is 51.6 Å². The van der Waals surface area contributed by atoms with E-state index < -0.39 is 0 Å². The highest BCUT2D eigenvalue weighted by molar-refractivity contribution is 5.94. The van der Waals surface area contributed by atoms with Crippen molar-refractivity contribution in [3.05, 3.63) is 18.0 Å². The van der Waals surface area contributed by atoms with E-state index in [0.717, 1.165) is 12.2 Å². The average molecular weight is 261 g/mol. The third kappa shape index (κ3) is 2.62. The van der Waals surface area contributed by atoms with E-state index in [9.17, 15) is 4.79 Å². The third-order valence-electron chi connectivity index (χ3n) is 4.07. The molecule has 4 nitrogen and oxygen atoms in total. The molecule has 19 heavy (non-hydrogen) atoms. The highest BCUT2D eigenvalue weighted by Gasteiger charge is 2.32. The molecule has 2 fully saturated rings. The summed E-state index contributed by atoms with van der Waals surface area (Å²) in [5.41, 5.74) is 7.35. The molecule has 1 aromatic rings. The average Bonchev–Trinajstić information content (AvgIpc) is 3.24. The molecule has 0 unspecified atom stereocenters. The summed E-state index contributed by atoms with van der Waals surface area (Å²) in [4.78, 5) is 14.8. The van der Waals surface area contributed by atoms with Crippen LogP contribution in [0.15, 0.2) is 12.3 Å². The molecule has 2 aliphatic carbocycles. The van der Waals surface area contributed by atoms with E-state index in [-0.39, 0.29) is 11.9 Å². The Hall–Kier alpha value is -1.45. The van der Waals surface area contributed by atoms with Crippen LogP contribution in [0.3, 0.4) is 0 Å². The second-order valence-electron chi connectivity index (χ2n) is 6.29. The Morgan fingerprint density at radius 1 is 1.42 bits per heavy atom. The standard InChI is InChI=1S/C15H23N3O/c1-10(2)17(8-11-3-4-11)15(19)14-7-12(16)9-18(14)13-5-6-13/h7,9-11,13H,3-6,8,16H2,1-2H3. The third-order valence-corrected chi connectivity index (χ3v) is 4.07. The van der Waals surface area contributed by atoms with Crippen LogP contribution in [-0.4, -0.2) is 28.0 Å². The Morgan fingerprint density at radius 2 is 2.11 bits per heavy atom. The van der Waals surface area contributed by atoms with Gasteiger partial charge in [-0.1, -0.05) is 0 Å². The number of amides is 1. The summed E-state index contributed by atoms with van der Waals surface area (Å²) in [5, 5.41) is 0. The molecule has 0 spiro atoms. The number of carbonyl (C=O) groups is 1. The Labute approximate surface area is 114 Å². The van der Waals surface area contributed by atoms with Crippen LogP contribution in [0, 0.1) is 5.92 Å². The number of hydrogen-bond acceptors (Lipinski definition) is 2. The monoisotopic (exact) mass is 261 g/mol. The Bertz CT molecular complexity index is 484. The van der Waals surface area contributed by atoms with Crippen molar-refractivity contribution in [1.29, 1.82) is 0 Å². The predicted octanol–water partition coefficient (Wildman–Crippen LogP) is 2.67. The van der Waals surface area contributed by atoms with Gasteiger partial charge in [0.2, 0.25) is 0 Å². The summed E-state index contributed by atoms with van der Waals surface area (Å²) in [7, 11) is 0. The minimum Gasteiger partial charge on any atom is -0.397 e. The van der Waals surface area contributed by atoms with Crippen LogP contribution in [-0.2, 0) is 0 Å². The Morgan fingerprint density at radius 3 is 2.63 bits per heavy atom. The van der Waals surface area contributed by atoms with E-state index in [2.05, 4.69) is 18.4 Å². The van der Waals surface area contributed by atoms with Crippen LogP contribution in [0.2, 0.25) is 0 Å². The van der Waals surface area contributed by atoms with Crippen molar-refractivity contribution in [2.75, 3.05) is 12.3 Å². The highest BCUT2D eigenvalue weighted by atomic mass is 16.2. The fourth-order valence-corrected chi connectivity index (χ4v) is 2.58. The van der Waals surface area contributed by atoms with Gasteiger partial charge >= 0.3 is 0 Å². The molecule has 2 aliphatic rings. The molecule has 0 aliphatic heterocycles. The number of anilines is 1. The van der Waals surface area contributed by atoms with E-state index >= 15 is 0 Å². The summed E-state index contributed by atoms with van der Waals surface area (Å²) in [6.07, 6.45) is 6.78. The van der Waals surface area contributed by atoms with Crippen molar-refractivity contribution in [2.24, 2.45) is 5.92 Å². The first kappa shape index (κ1) is 12.6. The SMILES string of the molecule is CC(C)N(CC1CC1)C(=O)c1cc(N)cn1C1CC1. The number of aromatic nitrogens is 1. The van der Waals surface area contributed by atoms with Crippen molar-refractivity contribution in [3.8, 4) is 0 Å². The molecule has 1 amide bonds. The van der Waals surface area contributed by atoms with Gasteiger partial charge in [0, 0.05) is 24.8 Å². The molecule has 0 radical (unpaired) electrons. The zero-order valence-corrected chi connectivity index (χ0v) is 11.8. The second-order valence-corrected chi connectivity index (χ2v) is 6.29. The zero-order valence-electron chi connectivity index (χ0n) is 11.8. The van der Waals surface area contributed by atoms with Gasteiger partial charge in [0.05, 0.1) is 5.69 Å². The lowest BCUT2D eigenvalue weighted by atomic mass is 10.2. The molecule has 1 heterocycles. The van der Waals surface area contributed by atoms with Crippen LogP contribution >= 0.6 is 0 Å². The van der Waals surface area contributed by atoms with E-state index in [4.69, 9.17) is 5.73 Å². The van der Waals surface area contributed by atoms with E-state index in [0.29, 0.717) is 17.6 Å². The molecule has 2 N–H and O–H groups in total. The van der Waals surface area contributed by atoms with E-state index in [1.807, 2.05) is 17.2 Å². The number of rotatable bonds is 5. The first-order chi connectivity index (χ1) is 9.06. The first-order valence-electron chi connectivity index (χ1n) is 7.34. The van der Waals surface area contributed by atoms with E-state index in [1.165, 1.54) is 25.7 Å². The normalized spacial score (nSPS) is 18.9. The lowest BCUT2D eigenvalue weighted by Crippen LogP contribution is -2.39. The van der Waals surface area contributed by atoms with Crippen LogP contribution in [0.25, 0.3) is 0 Å². The fourth-order valence-electron chi connectivity index (χ4n) is 2.58. The molecular formula is C15H23N3O. The maximum atomic E-state index is 12.8. The number of nitrogen functional groups attached to an aromatic ring is 1. The molecule has 0 saturated heterocycles. The van der Waals surface area contributed by atoms with Gasteiger partial charge in [-0.05, 0) is 51.5 Å². The summed E-state index contributed by atoms with van der Waals surface area (Å²) in [5.74, 6) is 0.860. The maximum absolute atomic E-state index is 12.8. The van der Waals surface area contributed by atoms with Crippen molar-refractivity contribution >= 4 is 11.6 Å². The Balaban J connectivity index is 1.83. The van der Waals surface area contributed by atoms with Crippen molar-refractivity contribution < 1.29 is 4.79 Å². The summed E-state index contributed by atoms with van der Waals surface area (Å²) >= 11 is 0. The minimum absolute atomic E-state index is 0.144. The smallest absolute Gasteiger partial charge is 0.270 e. The molecule has 3 rings (SSSR count). The van der Waals surface area contributed by atoms with Gasteiger partial charge in [0.1, 0.15) is 5.69 Å². The van der Waals surface area contributed by atoms with Crippen LogP contribution in [0.4, 0.5) is 5.69 Å². The molecular weight excluding hydrogens is 238 g/mol. The molecule has 0 bridgehead atoms. The topological polar surface area (TPSA) is 51.3 Å². The number of carbonyl (C=O) groups excluding carboxylic acids is 1. The van der Waals surface area contributed by atoms with Crippen LogP contribution in [0.1, 0.15) is 56.1 Å². The highest BCUT2D eigenvalue weighted by Crippen LogP contribution is 2.38. The van der Waals surface area contributed by atoms with Gasteiger partial charge in [-0.15, -0.1) is 0 Å². The summed E-state index contributed by atoms with van der Waals surface area (Å²) < 4.78 is 2.08. The predicted molar refractivity (Wildman–Crippen MR) is 76.0 cm³/mol. The summed E-state index contributed by atoms with van der Waals surface area (Å²) in [6, 6.07) is 2.58. The number of nitrogens with zero attached hydrogens (tertiary/aromatic N) is 2. The maximum Gasteiger partial charge on any atom is 0.270 e. The minimum atomic E-state index is 0.144. The van der Waals surface area contributed by atoms with E-state index in [1.54, 1.807) is 0 Å². The Kier molecular flexibility index (Phi) is 3.03. The van der Waals surface area contributed by atoms with Gasteiger partial charge in [-0.25, -0.2) is 0 Å². The van der Waals surface area contributed by atoms with Gasteiger partial charge in [0.25, 0.3) is 5.91 Å². The number of hydrogen-bond donors (Lipinski definition) is 1. The molecule has 104 valence electrons. The van der Waals surface area contributed by atoms with Crippen LogP contribution in [0.5, 0.6) is 0 Å². The largest absolute Gasteiger partial charge is 0.397 e. The fraction of sp³-hybridized carbons (Fsp3) is 0.667. The van der Waals surface area contributed by atoms with Gasteiger partial charge < -0.3 is 15.2 Å². The molecule has 0 aromatic carbocycles. The van der Waals surface area contributed by atoms with Gasteiger partial charge in [-0.3, -0.25) is 4.79 Å². The lowest BCUT2D eigenvalue weighted by molar-refractivity contribution is 0.0685. The number of nitrogens with two attached hydrogens (primary N) is 1. The molecule has 4 heteroatoms. The van der Waals surface area contributed by atoms with Crippen molar-refractivity contribution in [3.63, 3.8) is 0 Å². The molecule has 0 atom stereocenters. The zero-order chi connectivity index (χ0) is 13.6. The van der Waals surface area contributed by atoms with Crippen molar-refractivity contribution in [1.82, 2.24) is 9.47 Å². The van der Waals surface area contributed by atoms with Gasteiger partial charge in [-0.2, -0.15) is 0 Å². The lowest BCUT2D eigenvalue weighted by Gasteiger charge is -2.27. The van der Waals surface area contributed by atoms with Crippen LogP contribution < -0.4 is 5.73 Å². The molecule has 1 aromatic heterocycles. The quantitative estimate of drug-likeness (QED) is 0.886. The second kappa shape index (κ2) is 4.58. The summed E-state index contributed by atoms with van der Waals surface area (Å²) in [6.45, 7) is 5.08. The van der Waals surface area contributed by atoms with Gasteiger partial charge in [0.15, 0.2) is 0 Å². The first-order valence-corrected chi connectivity index (χ1v) is 7.34. The molecule has 2 saturated carbocycles.